The molecule has 2 nitrogen and oxygen atoms in total. The number of hydrogen-bond acceptors (Lipinski definition) is 2. The van der Waals surface area contributed by atoms with Crippen LogP contribution in [0.1, 0.15) is 25.5 Å². The fourth-order valence-corrected chi connectivity index (χ4v) is 2.75. The molecule has 0 saturated carbocycles. The number of nitrogens with zero attached hydrogens (tertiary/aromatic N) is 1. The van der Waals surface area contributed by atoms with Crippen LogP contribution in [-0.4, -0.2) is 11.7 Å². The molecule has 0 aliphatic heterocycles. The Morgan fingerprint density at radius 3 is 2.55 bits per heavy atom. The third-order valence-electron chi connectivity index (χ3n) is 3.18. The summed E-state index contributed by atoms with van der Waals surface area (Å²) in [6.45, 7) is 4.46. The Balaban J connectivity index is 2.42. The normalized spacial score (nSPS) is 12.2. The van der Waals surface area contributed by atoms with Gasteiger partial charge in [-0.1, -0.05) is 12.1 Å². The number of halogens is 2. The summed E-state index contributed by atoms with van der Waals surface area (Å²) in [5.41, 5.74) is 2.59. The second-order valence-corrected chi connectivity index (χ2v) is 5.47. The molecule has 0 aromatic heterocycles. The van der Waals surface area contributed by atoms with Crippen molar-refractivity contribution in [2.75, 3.05) is 11.4 Å². The molecule has 0 saturated heterocycles. The van der Waals surface area contributed by atoms with Crippen molar-refractivity contribution < 1.29 is 9.50 Å². The molecule has 20 heavy (non-hydrogen) atoms. The monoisotopic (exact) mass is 337 g/mol. The van der Waals surface area contributed by atoms with E-state index < -0.39 is 6.10 Å². The van der Waals surface area contributed by atoms with E-state index in [9.17, 15) is 9.50 Å². The van der Waals surface area contributed by atoms with Gasteiger partial charge in [0.25, 0.3) is 0 Å². The molecule has 4 heteroatoms. The Kier molecular flexibility index (Phi) is 4.78. The molecule has 1 atom stereocenters. The highest BCUT2D eigenvalue weighted by Crippen LogP contribution is 2.34. The van der Waals surface area contributed by atoms with Gasteiger partial charge in [0.05, 0.1) is 11.8 Å². The second-order valence-electron chi connectivity index (χ2n) is 4.61. The van der Waals surface area contributed by atoms with Gasteiger partial charge in [0.2, 0.25) is 0 Å². The van der Waals surface area contributed by atoms with Crippen LogP contribution in [0.4, 0.5) is 15.8 Å². The zero-order valence-corrected chi connectivity index (χ0v) is 13.1. The first-order chi connectivity index (χ1) is 9.52. The predicted molar refractivity (Wildman–Crippen MR) is 83.9 cm³/mol. The van der Waals surface area contributed by atoms with Gasteiger partial charge in [0, 0.05) is 16.7 Å². The smallest absolute Gasteiger partial charge is 0.125 e. The first-order valence-corrected chi connectivity index (χ1v) is 7.33. The van der Waals surface area contributed by atoms with Gasteiger partial charge in [-0.15, -0.1) is 0 Å². The minimum Gasteiger partial charge on any atom is -0.389 e. The van der Waals surface area contributed by atoms with Crippen LogP contribution >= 0.6 is 15.9 Å². The highest BCUT2D eigenvalue weighted by Gasteiger charge is 2.13. The van der Waals surface area contributed by atoms with Crippen LogP contribution in [0.15, 0.2) is 46.9 Å². The molecule has 0 bridgehead atoms. The van der Waals surface area contributed by atoms with Crippen molar-refractivity contribution in [2.24, 2.45) is 0 Å². The molecule has 0 fully saturated rings. The highest BCUT2D eigenvalue weighted by molar-refractivity contribution is 9.10. The van der Waals surface area contributed by atoms with Gasteiger partial charge in [-0.05, 0) is 65.7 Å². The standard InChI is InChI=1S/C16H17BrFNO/c1-3-19(14-6-4-5-13(18)10-14)16-8-7-12(11(2)20)9-15(16)17/h4-11,20H,3H2,1-2H3/t11-/m0/s1. The van der Waals surface area contributed by atoms with Crippen molar-refractivity contribution in [3.63, 3.8) is 0 Å². The van der Waals surface area contributed by atoms with Crippen LogP contribution in [-0.2, 0) is 0 Å². The Bertz CT molecular complexity index is 601. The first kappa shape index (κ1) is 15.0. The Morgan fingerprint density at radius 1 is 1.25 bits per heavy atom. The Morgan fingerprint density at radius 2 is 2.00 bits per heavy atom. The molecule has 2 aromatic rings. The lowest BCUT2D eigenvalue weighted by molar-refractivity contribution is 0.199. The van der Waals surface area contributed by atoms with Crippen molar-refractivity contribution in [3.05, 3.63) is 58.3 Å². The maximum absolute atomic E-state index is 13.4. The van der Waals surface area contributed by atoms with E-state index >= 15 is 0 Å². The molecule has 0 heterocycles. The van der Waals surface area contributed by atoms with Gasteiger partial charge in [0.1, 0.15) is 5.82 Å². The van der Waals surface area contributed by atoms with E-state index in [1.807, 2.05) is 36.1 Å². The lowest BCUT2D eigenvalue weighted by atomic mass is 10.1. The average molecular weight is 338 g/mol. The molecule has 0 amide bonds. The number of aliphatic hydroxyl groups is 1. The summed E-state index contributed by atoms with van der Waals surface area (Å²) in [6, 6.07) is 12.2. The van der Waals surface area contributed by atoms with E-state index in [0.717, 1.165) is 28.0 Å². The van der Waals surface area contributed by atoms with Crippen LogP contribution in [0.2, 0.25) is 0 Å². The topological polar surface area (TPSA) is 23.5 Å². The summed E-state index contributed by atoms with van der Waals surface area (Å²) in [5, 5.41) is 9.60. The second kappa shape index (κ2) is 6.37. The molecule has 2 aromatic carbocycles. The molecule has 106 valence electrons. The van der Waals surface area contributed by atoms with Crippen LogP contribution in [0, 0.1) is 5.82 Å². The SMILES string of the molecule is CCN(c1cccc(F)c1)c1ccc([C@H](C)O)cc1Br. The molecule has 0 aliphatic carbocycles. The van der Waals surface area contributed by atoms with E-state index in [2.05, 4.69) is 15.9 Å². The molecule has 1 N–H and O–H groups in total. The van der Waals surface area contributed by atoms with Crippen LogP contribution in [0.3, 0.4) is 0 Å². The number of hydrogen-bond donors (Lipinski definition) is 1. The number of aliphatic hydroxyl groups excluding tert-OH is 1. The average Bonchev–Trinajstić information content (AvgIpc) is 2.41. The minimum atomic E-state index is -0.510. The number of rotatable bonds is 4. The molecule has 0 spiro atoms. The van der Waals surface area contributed by atoms with Crippen molar-refractivity contribution >= 4 is 27.3 Å². The maximum atomic E-state index is 13.4. The third-order valence-corrected chi connectivity index (χ3v) is 3.82. The van der Waals surface area contributed by atoms with Crippen LogP contribution < -0.4 is 4.90 Å². The fraction of sp³-hybridized carbons (Fsp3) is 0.250. The fourth-order valence-electron chi connectivity index (χ4n) is 2.14. The first-order valence-electron chi connectivity index (χ1n) is 6.53. The lowest BCUT2D eigenvalue weighted by Gasteiger charge is -2.25. The third kappa shape index (κ3) is 3.19. The van der Waals surface area contributed by atoms with Crippen LogP contribution in [0.5, 0.6) is 0 Å². The van der Waals surface area contributed by atoms with Crippen molar-refractivity contribution in [3.8, 4) is 0 Å². The van der Waals surface area contributed by atoms with E-state index in [-0.39, 0.29) is 5.82 Å². The van der Waals surface area contributed by atoms with E-state index in [1.54, 1.807) is 13.0 Å². The number of benzene rings is 2. The zero-order chi connectivity index (χ0) is 14.7. The van der Waals surface area contributed by atoms with Gasteiger partial charge in [-0.25, -0.2) is 4.39 Å². The highest BCUT2D eigenvalue weighted by atomic mass is 79.9. The summed E-state index contributed by atoms with van der Waals surface area (Å²) in [4.78, 5) is 2.01. The van der Waals surface area contributed by atoms with E-state index in [4.69, 9.17) is 0 Å². The summed E-state index contributed by atoms with van der Waals surface area (Å²) < 4.78 is 14.3. The molecule has 0 radical (unpaired) electrons. The van der Waals surface area contributed by atoms with Crippen LogP contribution in [0.25, 0.3) is 0 Å². The number of anilines is 2. The molecular formula is C16H17BrFNO. The quantitative estimate of drug-likeness (QED) is 0.866. The van der Waals surface area contributed by atoms with Gasteiger partial charge < -0.3 is 10.0 Å². The lowest BCUT2D eigenvalue weighted by Crippen LogP contribution is -2.16. The molecule has 0 aliphatic rings. The zero-order valence-electron chi connectivity index (χ0n) is 11.5. The summed E-state index contributed by atoms with van der Waals surface area (Å²) >= 11 is 3.53. The van der Waals surface area contributed by atoms with Gasteiger partial charge in [-0.3, -0.25) is 0 Å². The largest absolute Gasteiger partial charge is 0.389 e. The van der Waals surface area contributed by atoms with Gasteiger partial charge >= 0.3 is 0 Å². The summed E-state index contributed by atoms with van der Waals surface area (Å²) in [5.74, 6) is -0.252. The summed E-state index contributed by atoms with van der Waals surface area (Å²) in [7, 11) is 0. The van der Waals surface area contributed by atoms with Gasteiger partial charge in [0.15, 0.2) is 0 Å². The molecule has 0 unspecified atom stereocenters. The summed E-state index contributed by atoms with van der Waals surface area (Å²) in [6.07, 6.45) is -0.510. The minimum absolute atomic E-state index is 0.252. The van der Waals surface area contributed by atoms with E-state index in [0.29, 0.717) is 0 Å². The maximum Gasteiger partial charge on any atom is 0.125 e. The van der Waals surface area contributed by atoms with Crippen molar-refractivity contribution in [1.82, 2.24) is 0 Å². The Labute approximate surface area is 127 Å². The van der Waals surface area contributed by atoms with E-state index in [1.165, 1.54) is 12.1 Å². The van der Waals surface area contributed by atoms with Crippen molar-refractivity contribution in [1.29, 1.82) is 0 Å². The predicted octanol–water partition coefficient (Wildman–Crippen LogP) is 4.80. The molecular weight excluding hydrogens is 321 g/mol. The van der Waals surface area contributed by atoms with Crippen molar-refractivity contribution in [2.45, 2.75) is 20.0 Å². The molecule has 2 rings (SSSR count). The Hall–Kier alpha value is -1.39. The van der Waals surface area contributed by atoms with Gasteiger partial charge in [-0.2, -0.15) is 0 Å².